The molecule has 5 rings (SSSR count). The van der Waals surface area contributed by atoms with Gasteiger partial charge in [-0.1, -0.05) is 11.6 Å². The second-order valence-corrected chi connectivity index (χ2v) is 8.53. The molecule has 168 valence electrons. The van der Waals surface area contributed by atoms with Crippen LogP contribution in [-0.4, -0.2) is 37.6 Å². The van der Waals surface area contributed by atoms with Crippen molar-refractivity contribution in [1.29, 1.82) is 0 Å². The molecule has 1 aliphatic rings. The standard InChI is InChI=1S/C24H24ClN7O/c1-32-22(33)13-21(20-8-9-26-14-29-20)31-24(32)28-11-10-27-23-16-4-2-3-5-18(16)30-19-7-6-15(25)12-17(19)23/h6-9,12-14H,2-5,10-11H2,1H3,(H,27,30)(H,28,31). The first-order valence-corrected chi connectivity index (χ1v) is 11.4. The third-order valence-electron chi connectivity index (χ3n) is 5.91. The van der Waals surface area contributed by atoms with Crippen LogP contribution >= 0.6 is 11.6 Å². The molecular weight excluding hydrogens is 438 g/mol. The zero-order valence-electron chi connectivity index (χ0n) is 18.3. The topological polar surface area (TPSA) is 97.6 Å². The maximum Gasteiger partial charge on any atom is 0.255 e. The summed E-state index contributed by atoms with van der Waals surface area (Å²) in [5, 5.41) is 8.61. The molecule has 0 radical (unpaired) electrons. The second-order valence-electron chi connectivity index (χ2n) is 8.09. The summed E-state index contributed by atoms with van der Waals surface area (Å²) in [4.78, 5) is 30.0. The Morgan fingerprint density at radius 2 is 1.88 bits per heavy atom. The molecule has 0 fully saturated rings. The van der Waals surface area contributed by atoms with Crippen molar-refractivity contribution in [2.24, 2.45) is 7.05 Å². The zero-order chi connectivity index (χ0) is 22.8. The Morgan fingerprint density at radius 1 is 1.03 bits per heavy atom. The van der Waals surface area contributed by atoms with Crippen LogP contribution in [0.15, 0.2) is 47.7 Å². The van der Waals surface area contributed by atoms with Gasteiger partial charge in [0.1, 0.15) is 6.33 Å². The maximum atomic E-state index is 12.4. The van der Waals surface area contributed by atoms with E-state index in [4.69, 9.17) is 16.6 Å². The monoisotopic (exact) mass is 461 g/mol. The summed E-state index contributed by atoms with van der Waals surface area (Å²) in [6.45, 7) is 1.22. The second kappa shape index (κ2) is 9.15. The molecule has 0 atom stereocenters. The number of aromatic nitrogens is 5. The number of rotatable bonds is 6. The largest absolute Gasteiger partial charge is 0.382 e. The fraction of sp³-hybridized carbons (Fsp3) is 0.292. The van der Waals surface area contributed by atoms with Crippen molar-refractivity contribution in [3.8, 4) is 11.4 Å². The highest BCUT2D eigenvalue weighted by atomic mass is 35.5. The Hall–Kier alpha value is -3.52. The summed E-state index contributed by atoms with van der Waals surface area (Å²) in [7, 11) is 1.70. The van der Waals surface area contributed by atoms with Crippen molar-refractivity contribution < 1.29 is 0 Å². The average Bonchev–Trinajstić information content (AvgIpc) is 2.84. The SMILES string of the molecule is Cn1c(NCCNc2c3c(nc4ccc(Cl)cc24)CCCC3)nc(-c2ccncn2)cc1=O. The number of nitrogens with zero attached hydrogens (tertiary/aromatic N) is 5. The zero-order valence-corrected chi connectivity index (χ0v) is 19.1. The summed E-state index contributed by atoms with van der Waals surface area (Å²) in [6, 6.07) is 9.05. The van der Waals surface area contributed by atoms with Crippen LogP contribution in [0.5, 0.6) is 0 Å². The van der Waals surface area contributed by atoms with Gasteiger partial charge >= 0.3 is 0 Å². The van der Waals surface area contributed by atoms with E-state index in [0.29, 0.717) is 35.4 Å². The van der Waals surface area contributed by atoms with Gasteiger partial charge in [0, 0.05) is 54.2 Å². The normalized spacial score (nSPS) is 13.0. The fourth-order valence-electron chi connectivity index (χ4n) is 4.23. The van der Waals surface area contributed by atoms with Crippen molar-refractivity contribution in [2.45, 2.75) is 25.7 Å². The van der Waals surface area contributed by atoms with E-state index in [0.717, 1.165) is 35.9 Å². The minimum atomic E-state index is -0.155. The third kappa shape index (κ3) is 4.39. The molecule has 2 N–H and O–H groups in total. The number of halogens is 1. The van der Waals surface area contributed by atoms with Crippen molar-refractivity contribution in [3.63, 3.8) is 0 Å². The molecule has 0 saturated carbocycles. The molecule has 0 amide bonds. The predicted molar refractivity (Wildman–Crippen MR) is 131 cm³/mol. The molecule has 0 saturated heterocycles. The molecule has 4 aromatic rings. The molecule has 1 aromatic carbocycles. The lowest BCUT2D eigenvalue weighted by molar-refractivity contribution is 0.672. The predicted octanol–water partition coefficient (Wildman–Crippen LogP) is 3.84. The van der Waals surface area contributed by atoms with Gasteiger partial charge in [-0.15, -0.1) is 0 Å². The third-order valence-corrected chi connectivity index (χ3v) is 6.15. The minimum Gasteiger partial charge on any atom is -0.382 e. The van der Waals surface area contributed by atoms with E-state index in [9.17, 15) is 4.79 Å². The summed E-state index contributed by atoms with van der Waals surface area (Å²) in [6.07, 6.45) is 7.42. The average molecular weight is 462 g/mol. The number of benzene rings is 1. The van der Waals surface area contributed by atoms with Gasteiger partial charge in [-0.2, -0.15) is 0 Å². The number of pyridine rings is 1. The van der Waals surface area contributed by atoms with Gasteiger partial charge in [0.05, 0.1) is 16.9 Å². The van der Waals surface area contributed by atoms with E-state index < -0.39 is 0 Å². The first-order valence-electron chi connectivity index (χ1n) is 11.0. The van der Waals surface area contributed by atoms with Crippen LogP contribution in [-0.2, 0) is 19.9 Å². The first kappa shape index (κ1) is 21.3. The number of hydrogen-bond donors (Lipinski definition) is 2. The summed E-state index contributed by atoms with van der Waals surface area (Å²) in [5.74, 6) is 0.488. The molecule has 33 heavy (non-hydrogen) atoms. The van der Waals surface area contributed by atoms with Crippen LogP contribution < -0.4 is 16.2 Å². The van der Waals surface area contributed by atoms with Gasteiger partial charge in [0.15, 0.2) is 0 Å². The lowest BCUT2D eigenvalue weighted by Gasteiger charge is -2.22. The molecule has 3 heterocycles. The van der Waals surface area contributed by atoms with Gasteiger partial charge in [0.25, 0.3) is 5.56 Å². The van der Waals surface area contributed by atoms with Crippen molar-refractivity contribution >= 4 is 34.1 Å². The first-order chi connectivity index (χ1) is 16.1. The summed E-state index contributed by atoms with van der Waals surface area (Å²) in [5.41, 5.74) is 5.49. The van der Waals surface area contributed by atoms with E-state index in [-0.39, 0.29) is 5.56 Å². The van der Waals surface area contributed by atoms with Gasteiger partial charge in [-0.3, -0.25) is 14.3 Å². The number of aryl methyl sites for hydroxylation is 1. The highest BCUT2D eigenvalue weighted by Gasteiger charge is 2.18. The van der Waals surface area contributed by atoms with E-state index in [2.05, 4.69) is 25.6 Å². The van der Waals surface area contributed by atoms with Crippen molar-refractivity contribution in [3.05, 3.63) is 69.5 Å². The molecule has 0 bridgehead atoms. The van der Waals surface area contributed by atoms with Crippen molar-refractivity contribution in [1.82, 2.24) is 24.5 Å². The van der Waals surface area contributed by atoms with Crippen LogP contribution in [0, 0.1) is 0 Å². The molecular formula is C24H24ClN7O. The highest BCUT2D eigenvalue weighted by Crippen LogP contribution is 2.34. The lowest BCUT2D eigenvalue weighted by atomic mass is 9.92. The molecule has 0 spiro atoms. The number of anilines is 2. The van der Waals surface area contributed by atoms with Crippen molar-refractivity contribution in [2.75, 3.05) is 23.7 Å². The quantitative estimate of drug-likeness (QED) is 0.421. The van der Waals surface area contributed by atoms with E-state index >= 15 is 0 Å². The molecule has 9 heteroatoms. The lowest BCUT2D eigenvalue weighted by Crippen LogP contribution is -2.24. The summed E-state index contributed by atoms with van der Waals surface area (Å²) < 4.78 is 1.49. The fourth-order valence-corrected chi connectivity index (χ4v) is 4.40. The highest BCUT2D eigenvalue weighted by molar-refractivity contribution is 6.31. The summed E-state index contributed by atoms with van der Waals surface area (Å²) >= 11 is 6.30. The molecule has 8 nitrogen and oxygen atoms in total. The molecule has 0 aliphatic heterocycles. The van der Waals surface area contributed by atoms with Crippen LogP contribution in [0.2, 0.25) is 5.02 Å². The van der Waals surface area contributed by atoms with Crippen LogP contribution in [0.4, 0.5) is 11.6 Å². The van der Waals surface area contributed by atoms with Gasteiger partial charge in [-0.25, -0.2) is 15.0 Å². The number of hydrogen-bond acceptors (Lipinski definition) is 7. The van der Waals surface area contributed by atoms with E-state index in [1.807, 2.05) is 18.2 Å². The number of nitrogens with one attached hydrogen (secondary N) is 2. The van der Waals surface area contributed by atoms with Crippen LogP contribution in [0.25, 0.3) is 22.3 Å². The Balaban J connectivity index is 1.36. The van der Waals surface area contributed by atoms with Gasteiger partial charge < -0.3 is 10.6 Å². The van der Waals surface area contributed by atoms with E-state index in [1.54, 1.807) is 19.3 Å². The number of fused-ring (bicyclic) bond motifs is 2. The van der Waals surface area contributed by atoms with Gasteiger partial charge in [-0.05, 0) is 55.5 Å². The Kier molecular flexibility index (Phi) is 5.92. The Morgan fingerprint density at radius 3 is 2.73 bits per heavy atom. The van der Waals surface area contributed by atoms with Crippen LogP contribution in [0.3, 0.4) is 0 Å². The molecule has 0 unspecified atom stereocenters. The maximum absolute atomic E-state index is 12.4. The van der Waals surface area contributed by atoms with Crippen LogP contribution in [0.1, 0.15) is 24.1 Å². The Bertz CT molecular complexity index is 1370. The molecule has 1 aliphatic carbocycles. The smallest absolute Gasteiger partial charge is 0.255 e. The molecule has 3 aromatic heterocycles. The Labute approximate surface area is 196 Å². The minimum absolute atomic E-state index is 0.155. The van der Waals surface area contributed by atoms with E-state index in [1.165, 1.54) is 34.6 Å². The van der Waals surface area contributed by atoms with Gasteiger partial charge in [0.2, 0.25) is 5.95 Å².